The number of nitrogens with zero attached hydrogens (tertiary/aromatic N) is 1. The third-order valence-corrected chi connectivity index (χ3v) is 2.75. The van der Waals surface area contributed by atoms with Gasteiger partial charge in [-0.15, -0.1) is 0 Å². The number of aliphatic hydroxyl groups is 1. The lowest BCUT2D eigenvalue weighted by Gasteiger charge is -2.27. The van der Waals surface area contributed by atoms with Gasteiger partial charge in [0.2, 0.25) is 0 Å². The van der Waals surface area contributed by atoms with E-state index in [9.17, 15) is 0 Å². The molecule has 116 valence electrons. The minimum Gasteiger partial charge on any atom is -0.395 e. The number of nitrogens with two attached hydrogens (primary N) is 2. The number of piperazine rings is 1. The van der Waals surface area contributed by atoms with E-state index < -0.39 is 0 Å². The van der Waals surface area contributed by atoms with Gasteiger partial charge in [0.05, 0.1) is 6.61 Å². The molecule has 1 heterocycles. The van der Waals surface area contributed by atoms with Gasteiger partial charge < -0.3 is 32.5 Å². The normalized spacial score (nSPS) is 15.9. The maximum atomic E-state index is 8.19. The van der Waals surface area contributed by atoms with Crippen LogP contribution in [0.3, 0.4) is 0 Å². The number of hydrogen-bond donors (Lipinski definition) is 6. The third-order valence-electron chi connectivity index (χ3n) is 2.75. The van der Waals surface area contributed by atoms with Gasteiger partial charge in [-0.1, -0.05) is 0 Å². The van der Waals surface area contributed by atoms with Crippen molar-refractivity contribution in [3.63, 3.8) is 0 Å². The summed E-state index contributed by atoms with van der Waals surface area (Å²) in [4.78, 5) is 2.47. The molecule has 0 amide bonds. The predicted octanol–water partition coefficient (Wildman–Crippen LogP) is -3.03. The summed E-state index contributed by atoms with van der Waals surface area (Å²) < 4.78 is 0. The van der Waals surface area contributed by atoms with E-state index in [1.54, 1.807) is 0 Å². The Balaban J connectivity index is 0.000000399. The summed E-state index contributed by atoms with van der Waals surface area (Å²) in [5.41, 5.74) is 10.5. The van der Waals surface area contributed by atoms with E-state index in [0.717, 1.165) is 45.8 Å². The zero-order valence-corrected chi connectivity index (χ0v) is 12.0. The summed E-state index contributed by atoms with van der Waals surface area (Å²) in [6.45, 7) is 10.8. The fourth-order valence-corrected chi connectivity index (χ4v) is 1.71. The smallest absolute Gasteiger partial charge is 0.0555 e. The molecule has 0 unspecified atom stereocenters. The molecule has 7 nitrogen and oxygen atoms in total. The van der Waals surface area contributed by atoms with E-state index in [2.05, 4.69) is 20.9 Å². The van der Waals surface area contributed by atoms with Crippen LogP contribution >= 0.6 is 0 Å². The molecule has 1 rings (SSSR count). The number of hydrogen-bond acceptors (Lipinski definition) is 7. The Morgan fingerprint density at radius 1 is 0.947 bits per heavy atom. The van der Waals surface area contributed by atoms with Gasteiger partial charge in [0.25, 0.3) is 0 Å². The van der Waals surface area contributed by atoms with E-state index in [1.165, 1.54) is 13.1 Å². The van der Waals surface area contributed by atoms with Gasteiger partial charge in [-0.25, -0.2) is 0 Å². The Labute approximate surface area is 117 Å². The molecule has 0 aromatic heterocycles. The minimum absolute atomic E-state index is 0.194. The summed E-state index contributed by atoms with van der Waals surface area (Å²) in [5, 5.41) is 17.7. The number of aliphatic hydroxyl groups excluding tert-OH is 1. The third kappa shape index (κ3) is 13.9. The van der Waals surface area contributed by atoms with Crippen LogP contribution in [0, 0.1) is 0 Å². The zero-order valence-electron chi connectivity index (χ0n) is 12.0. The second kappa shape index (κ2) is 15.8. The summed E-state index contributed by atoms with van der Waals surface area (Å²) in [7, 11) is 0. The van der Waals surface area contributed by atoms with Crippen molar-refractivity contribution in [1.29, 1.82) is 0 Å². The van der Waals surface area contributed by atoms with Crippen LogP contribution in [-0.4, -0.2) is 88.6 Å². The molecule has 1 saturated heterocycles. The zero-order chi connectivity index (χ0) is 14.2. The Bertz CT molecular complexity index is 162. The highest BCUT2D eigenvalue weighted by atomic mass is 16.3. The second-order valence-electron chi connectivity index (χ2n) is 4.39. The predicted molar refractivity (Wildman–Crippen MR) is 80.2 cm³/mol. The SMILES string of the molecule is NCCNCCN1CCNCC1.NCCNCCO. The highest BCUT2D eigenvalue weighted by molar-refractivity contribution is 4.67. The quantitative estimate of drug-likeness (QED) is 0.248. The molecule has 19 heavy (non-hydrogen) atoms. The molecule has 1 aliphatic rings. The van der Waals surface area contributed by atoms with Crippen molar-refractivity contribution in [2.45, 2.75) is 0 Å². The van der Waals surface area contributed by atoms with Crippen LogP contribution < -0.4 is 27.4 Å². The van der Waals surface area contributed by atoms with Gasteiger partial charge in [-0.3, -0.25) is 4.90 Å². The Hall–Kier alpha value is -0.280. The molecule has 0 aromatic carbocycles. The molecule has 0 atom stereocenters. The summed E-state index contributed by atoms with van der Waals surface area (Å²) in [5.74, 6) is 0. The Morgan fingerprint density at radius 3 is 2.05 bits per heavy atom. The molecule has 1 aliphatic heterocycles. The van der Waals surface area contributed by atoms with E-state index in [0.29, 0.717) is 13.1 Å². The van der Waals surface area contributed by atoms with E-state index in [-0.39, 0.29) is 6.61 Å². The van der Waals surface area contributed by atoms with Gasteiger partial charge in [0.15, 0.2) is 0 Å². The average molecular weight is 276 g/mol. The molecule has 0 aromatic rings. The first kappa shape index (κ1) is 18.7. The monoisotopic (exact) mass is 276 g/mol. The lowest BCUT2D eigenvalue weighted by atomic mass is 10.3. The number of nitrogens with one attached hydrogen (secondary N) is 3. The summed E-state index contributed by atoms with van der Waals surface area (Å²) >= 11 is 0. The van der Waals surface area contributed by atoms with Gasteiger partial charge in [-0.05, 0) is 0 Å². The molecule has 0 saturated carbocycles. The van der Waals surface area contributed by atoms with Crippen molar-refractivity contribution >= 4 is 0 Å². The second-order valence-corrected chi connectivity index (χ2v) is 4.39. The molecular formula is C12H32N6O. The highest BCUT2D eigenvalue weighted by Gasteiger charge is 2.07. The van der Waals surface area contributed by atoms with Gasteiger partial charge in [-0.2, -0.15) is 0 Å². The first-order valence-corrected chi connectivity index (χ1v) is 7.20. The first-order valence-electron chi connectivity index (χ1n) is 7.20. The fourth-order valence-electron chi connectivity index (χ4n) is 1.71. The molecule has 0 bridgehead atoms. The molecule has 0 aliphatic carbocycles. The van der Waals surface area contributed by atoms with Crippen LogP contribution in [0.15, 0.2) is 0 Å². The van der Waals surface area contributed by atoms with Crippen molar-refractivity contribution in [2.75, 3.05) is 78.6 Å². The van der Waals surface area contributed by atoms with E-state index in [4.69, 9.17) is 16.6 Å². The summed E-state index contributed by atoms with van der Waals surface area (Å²) in [6.07, 6.45) is 0. The summed E-state index contributed by atoms with van der Waals surface area (Å²) in [6, 6.07) is 0. The van der Waals surface area contributed by atoms with Crippen molar-refractivity contribution in [2.24, 2.45) is 11.5 Å². The Morgan fingerprint density at radius 2 is 1.53 bits per heavy atom. The van der Waals surface area contributed by atoms with Crippen molar-refractivity contribution in [1.82, 2.24) is 20.9 Å². The first-order chi connectivity index (χ1) is 9.35. The maximum absolute atomic E-state index is 8.19. The molecule has 0 spiro atoms. The number of rotatable bonds is 9. The lowest BCUT2D eigenvalue weighted by Crippen LogP contribution is -2.46. The van der Waals surface area contributed by atoms with Gasteiger partial charge >= 0.3 is 0 Å². The standard InChI is InChI=1S/C8H20N4.C4H12N2O/c9-1-2-10-3-6-12-7-4-11-5-8-12;5-1-2-6-3-4-7/h10-11H,1-9H2;6-7H,1-5H2. The molecule has 0 radical (unpaired) electrons. The van der Waals surface area contributed by atoms with E-state index in [1.807, 2.05) is 0 Å². The highest BCUT2D eigenvalue weighted by Crippen LogP contribution is 1.89. The van der Waals surface area contributed by atoms with Crippen LogP contribution in [0.25, 0.3) is 0 Å². The molecular weight excluding hydrogens is 244 g/mol. The van der Waals surface area contributed by atoms with Crippen LogP contribution in [0.4, 0.5) is 0 Å². The molecule has 8 N–H and O–H groups in total. The largest absolute Gasteiger partial charge is 0.395 e. The van der Waals surface area contributed by atoms with Gasteiger partial charge in [0.1, 0.15) is 0 Å². The fraction of sp³-hybridized carbons (Fsp3) is 1.00. The topological polar surface area (TPSA) is 112 Å². The van der Waals surface area contributed by atoms with Crippen LogP contribution in [0.2, 0.25) is 0 Å². The van der Waals surface area contributed by atoms with Crippen molar-refractivity contribution in [3.05, 3.63) is 0 Å². The minimum atomic E-state index is 0.194. The lowest BCUT2D eigenvalue weighted by molar-refractivity contribution is 0.241. The van der Waals surface area contributed by atoms with Crippen molar-refractivity contribution in [3.8, 4) is 0 Å². The Kier molecular flexibility index (Phi) is 15.5. The maximum Gasteiger partial charge on any atom is 0.0555 e. The molecule has 7 heteroatoms. The molecule has 1 fully saturated rings. The van der Waals surface area contributed by atoms with Crippen molar-refractivity contribution < 1.29 is 5.11 Å². The van der Waals surface area contributed by atoms with Crippen LogP contribution in [0.1, 0.15) is 0 Å². The van der Waals surface area contributed by atoms with Crippen LogP contribution in [-0.2, 0) is 0 Å². The average Bonchev–Trinajstić information content (AvgIpc) is 2.46. The van der Waals surface area contributed by atoms with Gasteiger partial charge in [0, 0.05) is 72.0 Å². The van der Waals surface area contributed by atoms with E-state index >= 15 is 0 Å². The van der Waals surface area contributed by atoms with Crippen LogP contribution in [0.5, 0.6) is 0 Å².